The summed E-state index contributed by atoms with van der Waals surface area (Å²) in [5, 5.41) is 3.39. The van der Waals surface area contributed by atoms with Crippen LogP contribution in [0, 0.1) is 0 Å². The number of fused-ring (bicyclic) bond motifs is 3. The lowest BCUT2D eigenvalue weighted by molar-refractivity contribution is -0.127. The van der Waals surface area contributed by atoms with Crippen molar-refractivity contribution in [2.24, 2.45) is 0 Å². The number of halogens is 1. The van der Waals surface area contributed by atoms with Crippen LogP contribution < -0.4 is 5.32 Å². The van der Waals surface area contributed by atoms with E-state index < -0.39 is 11.6 Å². The number of benzene rings is 3. The molecule has 1 fully saturated rings. The fourth-order valence-corrected chi connectivity index (χ4v) is 5.43. The fourth-order valence-electron chi connectivity index (χ4n) is 5.13. The highest BCUT2D eigenvalue weighted by molar-refractivity contribution is 6.31. The quantitative estimate of drug-likeness (QED) is 0.518. The van der Waals surface area contributed by atoms with Gasteiger partial charge < -0.3 is 10.1 Å². The molecule has 162 valence electrons. The van der Waals surface area contributed by atoms with Crippen LogP contribution >= 0.6 is 11.6 Å². The Bertz CT molecular complexity index is 1150. The summed E-state index contributed by atoms with van der Waals surface area (Å²) in [6.07, 6.45) is 1.98. The van der Waals surface area contributed by atoms with Crippen LogP contribution in [-0.2, 0) is 15.1 Å². The molecule has 1 N–H and O–H groups in total. The molecule has 1 saturated carbocycles. The van der Waals surface area contributed by atoms with Crippen LogP contribution in [0.25, 0.3) is 11.1 Å². The van der Waals surface area contributed by atoms with Crippen LogP contribution in [0.5, 0.6) is 0 Å². The molecule has 0 heterocycles. The van der Waals surface area contributed by atoms with E-state index in [2.05, 4.69) is 29.6 Å². The van der Waals surface area contributed by atoms with Gasteiger partial charge in [-0.25, -0.2) is 4.79 Å². The molecule has 0 spiro atoms. The zero-order valence-electron chi connectivity index (χ0n) is 17.6. The maximum Gasteiger partial charge on any atom is 0.408 e. The highest BCUT2D eigenvalue weighted by Crippen LogP contribution is 2.44. The summed E-state index contributed by atoms with van der Waals surface area (Å²) in [7, 11) is 0. The van der Waals surface area contributed by atoms with E-state index in [9.17, 15) is 9.59 Å². The van der Waals surface area contributed by atoms with Crippen LogP contribution in [-0.4, -0.2) is 18.5 Å². The maximum atomic E-state index is 13.1. The van der Waals surface area contributed by atoms with E-state index in [1.165, 1.54) is 11.1 Å². The van der Waals surface area contributed by atoms with E-state index in [1.807, 2.05) is 42.5 Å². The number of nitrogens with one attached hydrogen (secondary N) is 1. The van der Waals surface area contributed by atoms with Gasteiger partial charge in [-0.2, -0.15) is 0 Å². The second kappa shape index (κ2) is 8.44. The Morgan fingerprint density at radius 1 is 0.938 bits per heavy atom. The Morgan fingerprint density at radius 2 is 1.56 bits per heavy atom. The number of ether oxygens (including phenoxy) is 1. The Morgan fingerprint density at radius 3 is 2.22 bits per heavy atom. The molecule has 2 aliphatic rings. The van der Waals surface area contributed by atoms with Crippen molar-refractivity contribution in [3.63, 3.8) is 0 Å². The van der Waals surface area contributed by atoms with Gasteiger partial charge >= 0.3 is 6.09 Å². The SMILES string of the molecule is O=C(NC1(c2ccccc2Cl)CCCCC1=O)OCC1c2ccccc2-c2ccccc21. The van der Waals surface area contributed by atoms with E-state index >= 15 is 0 Å². The molecule has 32 heavy (non-hydrogen) atoms. The lowest BCUT2D eigenvalue weighted by Crippen LogP contribution is -2.53. The number of carbonyl (C=O) groups is 2. The molecule has 0 aliphatic heterocycles. The summed E-state index contributed by atoms with van der Waals surface area (Å²) < 4.78 is 5.73. The Hall–Kier alpha value is -3.11. The first-order valence-corrected chi connectivity index (χ1v) is 11.4. The number of Topliss-reactive ketones (excluding diaryl/α,β-unsaturated/α-hetero) is 1. The number of hydrogen-bond donors (Lipinski definition) is 1. The minimum atomic E-state index is -1.14. The normalized spacial score (nSPS) is 19.8. The molecular formula is C27H24ClNO3. The lowest BCUT2D eigenvalue weighted by atomic mass is 9.75. The number of amides is 1. The number of hydrogen-bond acceptors (Lipinski definition) is 3. The topological polar surface area (TPSA) is 55.4 Å². The molecule has 1 unspecified atom stereocenters. The standard InChI is InChI=1S/C27H24ClNO3/c28-24-14-6-5-13-23(24)27(16-8-7-15-25(27)30)29-26(31)32-17-22-20-11-3-1-9-18(20)19-10-2-4-12-21(19)22/h1-6,9-14,22H,7-8,15-17H2,(H,29,31). The smallest absolute Gasteiger partial charge is 0.408 e. The molecule has 0 bridgehead atoms. The van der Waals surface area contributed by atoms with Gasteiger partial charge in [-0.15, -0.1) is 0 Å². The van der Waals surface area contributed by atoms with Gasteiger partial charge in [-0.05, 0) is 47.6 Å². The van der Waals surface area contributed by atoms with Gasteiger partial charge in [0.05, 0.1) is 0 Å². The minimum Gasteiger partial charge on any atom is -0.449 e. The van der Waals surface area contributed by atoms with Crippen LogP contribution in [0.1, 0.15) is 48.3 Å². The number of rotatable bonds is 4. The van der Waals surface area contributed by atoms with Crippen LogP contribution in [0.15, 0.2) is 72.8 Å². The van der Waals surface area contributed by atoms with Gasteiger partial charge in [0.25, 0.3) is 0 Å². The molecule has 3 aromatic rings. The predicted octanol–water partition coefficient (Wildman–Crippen LogP) is 6.22. The van der Waals surface area contributed by atoms with Crippen molar-refractivity contribution < 1.29 is 14.3 Å². The van der Waals surface area contributed by atoms with Crippen molar-refractivity contribution in [3.05, 3.63) is 94.5 Å². The second-order valence-corrected chi connectivity index (χ2v) is 8.87. The van der Waals surface area contributed by atoms with Crippen molar-refractivity contribution >= 4 is 23.5 Å². The Kier molecular flexibility index (Phi) is 5.48. The number of carbonyl (C=O) groups excluding carboxylic acids is 2. The molecule has 5 heteroatoms. The third-order valence-corrected chi connectivity index (χ3v) is 7.00. The van der Waals surface area contributed by atoms with Gasteiger partial charge in [-0.1, -0.05) is 78.3 Å². The molecule has 1 atom stereocenters. The van der Waals surface area contributed by atoms with Crippen molar-refractivity contribution in [1.29, 1.82) is 0 Å². The van der Waals surface area contributed by atoms with Crippen molar-refractivity contribution in [3.8, 4) is 11.1 Å². The summed E-state index contributed by atoms with van der Waals surface area (Å²) in [4.78, 5) is 26.1. The summed E-state index contributed by atoms with van der Waals surface area (Å²) in [6, 6.07) is 23.6. The molecular weight excluding hydrogens is 422 g/mol. The molecule has 1 amide bonds. The molecule has 4 nitrogen and oxygen atoms in total. The fraction of sp³-hybridized carbons (Fsp3) is 0.259. The summed E-state index contributed by atoms with van der Waals surface area (Å²) in [6.45, 7) is 0.201. The largest absolute Gasteiger partial charge is 0.449 e. The zero-order valence-corrected chi connectivity index (χ0v) is 18.4. The first-order valence-electron chi connectivity index (χ1n) is 11.0. The molecule has 3 aromatic carbocycles. The van der Waals surface area contributed by atoms with E-state index in [4.69, 9.17) is 16.3 Å². The summed E-state index contributed by atoms with van der Waals surface area (Å²) in [5.74, 6) is -0.0585. The third-order valence-electron chi connectivity index (χ3n) is 6.67. The first kappa shape index (κ1) is 20.8. The molecule has 0 aromatic heterocycles. The van der Waals surface area contributed by atoms with E-state index in [0.717, 1.165) is 24.0 Å². The zero-order chi connectivity index (χ0) is 22.1. The number of alkyl carbamates (subject to hydrolysis) is 1. The third kappa shape index (κ3) is 3.49. The van der Waals surface area contributed by atoms with Gasteiger partial charge in [-0.3, -0.25) is 4.79 Å². The van der Waals surface area contributed by atoms with E-state index in [1.54, 1.807) is 6.07 Å². The van der Waals surface area contributed by atoms with Gasteiger partial charge in [0.2, 0.25) is 0 Å². The van der Waals surface area contributed by atoms with Gasteiger partial charge in [0, 0.05) is 22.9 Å². The average Bonchev–Trinajstić information content (AvgIpc) is 3.13. The average molecular weight is 446 g/mol. The molecule has 0 saturated heterocycles. The first-order chi connectivity index (χ1) is 15.6. The summed E-state index contributed by atoms with van der Waals surface area (Å²) in [5.41, 5.74) is 4.14. The molecule has 5 rings (SSSR count). The number of ketones is 1. The van der Waals surface area contributed by atoms with Crippen molar-refractivity contribution in [2.45, 2.75) is 37.1 Å². The van der Waals surface area contributed by atoms with Gasteiger partial charge in [0.15, 0.2) is 5.78 Å². The Labute approximate surface area is 192 Å². The molecule has 0 radical (unpaired) electrons. The minimum absolute atomic E-state index is 0.0228. The van der Waals surface area contributed by atoms with E-state index in [0.29, 0.717) is 23.4 Å². The van der Waals surface area contributed by atoms with Crippen LogP contribution in [0.2, 0.25) is 5.02 Å². The Balaban J connectivity index is 1.38. The van der Waals surface area contributed by atoms with Crippen molar-refractivity contribution in [2.75, 3.05) is 6.61 Å². The molecule has 2 aliphatic carbocycles. The van der Waals surface area contributed by atoms with Crippen LogP contribution in [0.4, 0.5) is 4.79 Å². The highest BCUT2D eigenvalue weighted by Gasteiger charge is 2.44. The predicted molar refractivity (Wildman–Crippen MR) is 125 cm³/mol. The lowest BCUT2D eigenvalue weighted by Gasteiger charge is -2.37. The van der Waals surface area contributed by atoms with Crippen molar-refractivity contribution in [1.82, 2.24) is 5.32 Å². The maximum absolute atomic E-state index is 13.1. The second-order valence-electron chi connectivity index (χ2n) is 8.47. The monoisotopic (exact) mass is 445 g/mol. The van der Waals surface area contributed by atoms with E-state index in [-0.39, 0.29) is 18.3 Å². The summed E-state index contributed by atoms with van der Waals surface area (Å²) >= 11 is 6.44. The van der Waals surface area contributed by atoms with Gasteiger partial charge in [0.1, 0.15) is 12.1 Å². The highest BCUT2D eigenvalue weighted by atomic mass is 35.5. The van der Waals surface area contributed by atoms with Crippen LogP contribution in [0.3, 0.4) is 0 Å².